The Balaban J connectivity index is 2.04. The van der Waals surface area contributed by atoms with Crippen LogP contribution in [0.5, 0.6) is 0 Å². The molecular weight excluding hydrogens is 248 g/mol. The Labute approximate surface area is 119 Å². The predicted octanol–water partition coefficient (Wildman–Crippen LogP) is 4.22. The van der Waals surface area contributed by atoms with E-state index in [-0.39, 0.29) is 5.97 Å². The number of ether oxygens (including phenoxy) is 1. The average Bonchev–Trinajstić information content (AvgIpc) is 2.48. The molecule has 0 aliphatic carbocycles. The van der Waals surface area contributed by atoms with Crippen molar-refractivity contribution >= 4 is 11.5 Å². The minimum atomic E-state index is -0.232. The van der Waals surface area contributed by atoms with Crippen molar-refractivity contribution in [3.05, 3.63) is 77.5 Å². The highest BCUT2D eigenvalue weighted by Gasteiger charge is 2.08. The van der Waals surface area contributed by atoms with Gasteiger partial charge in [0.1, 0.15) is 5.76 Å². The molecule has 0 heterocycles. The summed E-state index contributed by atoms with van der Waals surface area (Å²) >= 11 is 0. The first-order chi connectivity index (χ1) is 9.66. The molecule has 0 saturated heterocycles. The summed E-state index contributed by atoms with van der Waals surface area (Å²) < 4.78 is 5.41. The number of benzene rings is 2. The van der Waals surface area contributed by atoms with Crippen molar-refractivity contribution in [2.24, 2.45) is 0 Å². The minimum absolute atomic E-state index is 0.232. The molecule has 0 amide bonds. The molecule has 0 N–H and O–H groups in total. The summed E-state index contributed by atoms with van der Waals surface area (Å²) in [6.45, 7) is 3.78. The van der Waals surface area contributed by atoms with Crippen LogP contribution >= 0.6 is 0 Å². The number of allylic oxidation sites excluding steroid dienone is 2. The second-order valence-corrected chi connectivity index (χ2v) is 4.68. The van der Waals surface area contributed by atoms with E-state index in [9.17, 15) is 4.79 Å². The van der Waals surface area contributed by atoms with E-state index >= 15 is 0 Å². The lowest BCUT2D eigenvalue weighted by molar-refractivity contribution is -0.138. The van der Waals surface area contributed by atoms with E-state index in [0.29, 0.717) is 12.2 Å². The first kappa shape index (κ1) is 14.1. The monoisotopic (exact) mass is 266 g/mol. The van der Waals surface area contributed by atoms with Crippen LogP contribution in [0.15, 0.2) is 66.4 Å². The van der Waals surface area contributed by atoms with Crippen LogP contribution in [0.3, 0.4) is 0 Å². The largest absolute Gasteiger partial charge is 0.431 e. The fourth-order valence-electron chi connectivity index (χ4n) is 1.94. The number of carbonyl (C=O) groups is 1. The summed E-state index contributed by atoms with van der Waals surface area (Å²) in [6, 6.07) is 19.5. The van der Waals surface area contributed by atoms with Crippen LogP contribution in [-0.2, 0) is 16.0 Å². The van der Waals surface area contributed by atoms with Gasteiger partial charge >= 0.3 is 5.97 Å². The molecule has 0 spiro atoms. The van der Waals surface area contributed by atoms with Gasteiger partial charge in [0, 0.05) is 0 Å². The van der Waals surface area contributed by atoms with Crippen LogP contribution < -0.4 is 0 Å². The fraction of sp³-hybridized carbons (Fsp3) is 0.167. The predicted molar refractivity (Wildman–Crippen MR) is 80.9 cm³/mol. The van der Waals surface area contributed by atoms with Gasteiger partial charge < -0.3 is 4.74 Å². The van der Waals surface area contributed by atoms with Gasteiger partial charge in [0.25, 0.3) is 0 Å². The van der Waals surface area contributed by atoms with Gasteiger partial charge in [-0.15, -0.1) is 0 Å². The maximum atomic E-state index is 11.9. The maximum absolute atomic E-state index is 11.9. The number of esters is 1. The highest BCUT2D eigenvalue weighted by atomic mass is 16.5. The van der Waals surface area contributed by atoms with Crippen LogP contribution in [-0.4, -0.2) is 5.97 Å². The molecule has 2 heteroatoms. The van der Waals surface area contributed by atoms with E-state index in [4.69, 9.17) is 4.74 Å². The van der Waals surface area contributed by atoms with Crippen molar-refractivity contribution in [2.45, 2.75) is 20.3 Å². The van der Waals surface area contributed by atoms with E-state index in [1.54, 1.807) is 0 Å². The van der Waals surface area contributed by atoms with Gasteiger partial charge in [-0.25, -0.2) is 0 Å². The SMILES string of the molecule is CC(OC(=O)Cc1ccccc1)=C(C)c1ccccc1. The topological polar surface area (TPSA) is 26.3 Å². The van der Waals surface area contributed by atoms with Gasteiger partial charge in [-0.1, -0.05) is 60.7 Å². The second-order valence-electron chi connectivity index (χ2n) is 4.68. The van der Waals surface area contributed by atoms with Crippen LogP contribution in [0.1, 0.15) is 25.0 Å². The van der Waals surface area contributed by atoms with Crippen molar-refractivity contribution < 1.29 is 9.53 Å². The summed E-state index contributed by atoms with van der Waals surface area (Å²) in [6.07, 6.45) is 0.292. The first-order valence-corrected chi connectivity index (χ1v) is 6.64. The standard InChI is InChI=1S/C18H18O2/c1-14(17-11-7-4-8-12-17)15(2)20-18(19)13-16-9-5-3-6-10-16/h3-12H,13H2,1-2H3. The Morgan fingerprint density at radius 3 is 2.05 bits per heavy atom. The third-order valence-electron chi connectivity index (χ3n) is 3.19. The van der Waals surface area contributed by atoms with E-state index in [0.717, 1.165) is 16.7 Å². The average molecular weight is 266 g/mol. The quantitative estimate of drug-likeness (QED) is 0.611. The van der Waals surface area contributed by atoms with Gasteiger partial charge in [0.15, 0.2) is 0 Å². The van der Waals surface area contributed by atoms with Crippen LogP contribution in [0.2, 0.25) is 0 Å². The van der Waals surface area contributed by atoms with Crippen molar-refractivity contribution in [3.8, 4) is 0 Å². The van der Waals surface area contributed by atoms with Gasteiger partial charge in [-0.05, 0) is 30.5 Å². The summed E-state index contributed by atoms with van der Waals surface area (Å²) in [5.41, 5.74) is 3.01. The lowest BCUT2D eigenvalue weighted by Crippen LogP contribution is -2.07. The molecule has 2 aromatic carbocycles. The zero-order chi connectivity index (χ0) is 14.4. The summed E-state index contributed by atoms with van der Waals surface area (Å²) in [7, 11) is 0. The summed E-state index contributed by atoms with van der Waals surface area (Å²) in [4.78, 5) is 11.9. The molecule has 0 aliphatic rings. The highest BCUT2D eigenvalue weighted by Crippen LogP contribution is 2.18. The smallest absolute Gasteiger partial charge is 0.315 e. The lowest BCUT2D eigenvalue weighted by Gasteiger charge is -2.09. The van der Waals surface area contributed by atoms with Crippen molar-refractivity contribution in [1.29, 1.82) is 0 Å². The highest BCUT2D eigenvalue weighted by molar-refractivity contribution is 5.76. The number of rotatable bonds is 4. The zero-order valence-electron chi connectivity index (χ0n) is 11.8. The van der Waals surface area contributed by atoms with E-state index in [2.05, 4.69) is 0 Å². The molecule has 0 aromatic heterocycles. The maximum Gasteiger partial charge on any atom is 0.315 e. The third kappa shape index (κ3) is 3.82. The second kappa shape index (κ2) is 6.71. The molecule has 0 fully saturated rings. The molecule has 102 valence electrons. The van der Waals surface area contributed by atoms with Crippen LogP contribution in [0.25, 0.3) is 5.57 Å². The van der Waals surface area contributed by atoms with Gasteiger partial charge in [-0.2, -0.15) is 0 Å². The molecule has 0 atom stereocenters. The molecule has 0 saturated carbocycles. The Kier molecular flexibility index (Phi) is 4.72. The molecule has 20 heavy (non-hydrogen) atoms. The Bertz CT molecular complexity index is 598. The molecular formula is C18H18O2. The normalized spacial score (nSPS) is 11.7. The number of hydrogen-bond acceptors (Lipinski definition) is 2. The van der Waals surface area contributed by atoms with Gasteiger partial charge in [-0.3, -0.25) is 4.79 Å². The van der Waals surface area contributed by atoms with Gasteiger partial charge in [0.05, 0.1) is 6.42 Å². The van der Waals surface area contributed by atoms with Crippen LogP contribution in [0.4, 0.5) is 0 Å². The third-order valence-corrected chi connectivity index (χ3v) is 3.19. The molecule has 2 aromatic rings. The summed E-state index contributed by atoms with van der Waals surface area (Å²) in [5, 5.41) is 0. The van der Waals surface area contributed by atoms with Crippen molar-refractivity contribution in [2.75, 3.05) is 0 Å². The molecule has 0 radical (unpaired) electrons. The molecule has 0 unspecified atom stereocenters. The fourth-order valence-corrected chi connectivity index (χ4v) is 1.94. The number of hydrogen-bond donors (Lipinski definition) is 0. The van der Waals surface area contributed by atoms with E-state index in [1.165, 1.54) is 0 Å². The Morgan fingerprint density at radius 1 is 0.900 bits per heavy atom. The van der Waals surface area contributed by atoms with Crippen molar-refractivity contribution in [1.82, 2.24) is 0 Å². The van der Waals surface area contributed by atoms with Gasteiger partial charge in [0.2, 0.25) is 0 Å². The molecule has 2 rings (SSSR count). The van der Waals surface area contributed by atoms with Crippen LogP contribution in [0, 0.1) is 0 Å². The first-order valence-electron chi connectivity index (χ1n) is 6.64. The summed E-state index contributed by atoms with van der Waals surface area (Å²) in [5.74, 6) is 0.418. The Hall–Kier alpha value is -2.35. The molecule has 0 bridgehead atoms. The Morgan fingerprint density at radius 2 is 1.45 bits per heavy atom. The lowest BCUT2D eigenvalue weighted by atomic mass is 10.1. The van der Waals surface area contributed by atoms with E-state index < -0.39 is 0 Å². The van der Waals surface area contributed by atoms with Crippen molar-refractivity contribution in [3.63, 3.8) is 0 Å². The zero-order valence-corrected chi connectivity index (χ0v) is 11.8. The minimum Gasteiger partial charge on any atom is -0.431 e. The van der Waals surface area contributed by atoms with E-state index in [1.807, 2.05) is 74.5 Å². The molecule has 2 nitrogen and oxygen atoms in total. The molecule has 0 aliphatic heterocycles. The number of carbonyl (C=O) groups excluding carboxylic acids is 1.